The van der Waals surface area contributed by atoms with Crippen molar-refractivity contribution in [2.75, 3.05) is 0 Å². The van der Waals surface area contributed by atoms with Crippen molar-refractivity contribution in [1.82, 2.24) is 0 Å². The molecule has 1 nitrogen and oxygen atoms in total. The fourth-order valence-corrected chi connectivity index (χ4v) is 2.10. The molecule has 0 radical (unpaired) electrons. The number of carbonyl (C=O) groups is 1. The van der Waals surface area contributed by atoms with Gasteiger partial charge in [0, 0.05) is 12.0 Å². The Balaban J connectivity index is 2.26. The van der Waals surface area contributed by atoms with Gasteiger partial charge >= 0.3 is 0 Å². The van der Waals surface area contributed by atoms with Crippen LogP contribution in [0.1, 0.15) is 6.42 Å². The minimum atomic E-state index is 0.174. The van der Waals surface area contributed by atoms with E-state index in [0.717, 1.165) is 5.57 Å². The molecular weight excluding hydrogens is 160 g/mol. The van der Waals surface area contributed by atoms with E-state index in [0.29, 0.717) is 12.0 Å². The lowest BCUT2D eigenvalue weighted by molar-refractivity contribution is -0.114. The second kappa shape index (κ2) is 1.99. The van der Waals surface area contributed by atoms with Gasteiger partial charge in [-0.15, -0.1) is 0 Å². The van der Waals surface area contributed by atoms with Gasteiger partial charge in [-0.25, -0.2) is 0 Å². The molecule has 3 rings (SSSR count). The molecule has 0 unspecified atom stereocenters. The van der Waals surface area contributed by atoms with Crippen molar-refractivity contribution >= 4 is 5.78 Å². The van der Waals surface area contributed by atoms with Crippen molar-refractivity contribution in [2.45, 2.75) is 6.42 Å². The Kier molecular flexibility index (Phi) is 1.05. The molecule has 3 aliphatic rings. The van der Waals surface area contributed by atoms with Crippen LogP contribution in [0.2, 0.25) is 0 Å². The molecule has 1 fully saturated rings. The van der Waals surface area contributed by atoms with E-state index in [-0.39, 0.29) is 5.78 Å². The van der Waals surface area contributed by atoms with Gasteiger partial charge in [0.05, 0.1) is 0 Å². The molecule has 0 aliphatic heterocycles. The molecule has 0 amide bonds. The van der Waals surface area contributed by atoms with Crippen LogP contribution >= 0.6 is 0 Å². The first-order chi connectivity index (χ1) is 6.27. The number of rotatable bonds is 0. The van der Waals surface area contributed by atoms with Crippen LogP contribution in [0, 0.1) is 0 Å². The number of ketones is 1. The van der Waals surface area contributed by atoms with Crippen molar-refractivity contribution < 1.29 is 4.79 Å². The molecule has 0 spiro atoms. The highest BCUT2D eigenvalue weighted by atomic mass is 16.1. The number of carbonyl (C=O) groups excluding carboxylic acids is 1. The smallest absolute Gasteiger partial charge is 0.167 e. The predicted octanol–water partition coefficient (Wildman–Crippen LogP) is 2.25. The molecule has 13 heavy (non-hydrogen) atoms. The van der Waals surface area contributed by atoms with Crippen LogP contribution in [0.4, 0.5) is 0 Å². The molecule has 1 heteroatoms. The summed E-state index contributed by atoms with van der Waals surface area (Å²) >= 11 is 0. The lowest BCUT2D eigenvalue weighted by Gasteiger charge is -1.94. The molecule has 3 aliphatic carbocycles. The van der Waals surface area contributed by atoms with E-state index >= 15 is 0 Å². The number of hydrogen-bond acceptors (Lipinski definition) is 1. The van der Waals surface area contributed by atoms with Gasteiger partial charge in [-0.2, -0.15) is 0 Å². The Hall–Kier alpha value is -1.63. The maximum Gasteiger partial charge on any atom is 0.167 e. The summed E-state index contributed by atoms with van der Waals surface area (Å²) in [7, 11) is 0. The highest BCUT2D eigenvalue weighted by Crippen LogP contribution is 2.44. The van der Waals surface area contributed by atoms with E-state index in [1.54, 1.807) is 0 Å². The maximum absolute atomic E-state index is 11.4. The average Bonchev–Trinajstić information content (AvgIpc) is 2.70. The molecule has 0 saturated heterocycles. The maximum atomic E-state index is 11.4. The van der Waals surface area contributed by atoms with Crippen molar-refractivity contribution in [3.8, 4) is 0 Å². The number of allylic oxidation sites excluding steroid dienone is 9. The molecule has 0 N–H and O–H groups in total. The predicted molar refractivity (Wildman–Crippen MR) is 51.1 cm³/mol. The molecule has 0 bridgehead atoms. The summed E-state index contributed by atoms with van der Waals surface area (Å²) in [6.07, 6.45) is 8.78. The third-order valence-corrected chi connectivity index (χ3v) is 2.80. The third kappa shape index (κ3) is 0.693. The van der Waals surface area contributed by atoms with Gasteiger partial charge in [0.25, 0.3) is 0 Å². The van der Waals surface area contributed by atoms with Crippen molar-refractivity contribution in [3.63, 3.8) is 0 Å². The lowest BCUT2D eigenvalue weighted by Crippen LogP contribution is -1.90. The zero-order valence-corrected chi connectivity index (χ0v) is 7.13. The van der Waals surface area contributed by atoms with Crippen LogP contribution in [0.5, 0.6) is 0 Å². The van der Waals surface area contributed by atoms with E-state index in [9.17, 15) is 4.79 Å². The van der Waals surface area contributed by atoms with E-state index in [2.05, 4.69) is 24.8 Å². The SMILES string of the molecule is C=C1C(=O)CC2=C3C=CC=C3C=C12. The van der Waals surface area contributed by atoms with Crippen LogP contribution in [0.25, 0.3) is 0 Å². The van der Waals surface area contributed by atoms with Gasteiger partial charge in [-0.1, -0.05) is 24.8 Å². The van der Waals surface area contributed by atoms with Gasteiger partial charge in [0.2, 0.25) is 0 Å². The summed E-state index contributed by atoms with van der Waals surface area (Å²) in [5, 5.41) is 0. The summed E-state index contributed by atoms with van der Waals surface area (Å²) in [5.74, 6) is 0.174. The van der Waals surface area contributed by atoms with Crippen LogP contribution in [0.3, 0.4) is 0 Å². The summed E-state index contributed by atoms with van der Waals surface area (Å²) in [6.45, 7) is 3.80. The van der Waals surface area contributed by atoms with E-state index in [4.69, 9.17) is 0 Å². The highest BCUT2D eigenvalue weighted by Gasteiger charge is 2.32. The standard InChI is InChI=1S/C12H8O/c1-7-10-5-8-3-2-4-9(8)11(10)6-12(7)13/h2-5H,1,6H2. The first-order valence-electron chi connectivity index (χ1n) is 4.34. The fraction of sp³-hybridized carbons (Fsp3) is 0.0833. The van der Waals surface area contributed by atoms with E-state index < -0.39 is 0 Å². The number of fused-ring (bicyclic) bond motifs is 2. The topological polar surface area (TPSA) is 17.1 Å². The summed E-state index contributed by atoms with van der Waals surface area (Å²) < 4.78 is 0. The molecule has 0 aromatic carbocycles. The molecule has 0 heterocycles. The average molecular weight is 168 g/mol. The monoisotopic (exact) mass is 168 g/mol. The van der Waals surface area contributed by atoms with Crippen LogP contribution < -0.4 is 0 Å². The van der Waals surface area contributed by atoms with Gasteiger partial charge in [-0.05, 0) is 28.4 Å². The highest BCUT2D eigenvalue weighted by molar-refractivity contribution is 6.08. The summed E-state index contributed by atoms with van der Waals surface area (Å²) in [4.78, 5) is 11.4. The van der Waals surface area contributed by atoms with E-state index in [1.807, 2.05) is 6.08 Å². The zero-order chi connectivity index (χ0) is 9.00. The van der Waals surface area contributed by atoms with Gasteiger partial charge in [0.15, 0.2) is 5.78 Å². The van der Waals surface area contributed by atoms with Crippen LogP contribution in [-0.2, 0) is 4.79 Å². The largest absolute Gasteiger partial charge is 0.294 e. The van der Waals surface area contributed by atoms with E-state index in [1.165, 1.54) is 16.7 Å². The summed E-state index contributed by atoms with van der Waals surface area (Å²) in [6, 6.07) is 0. The Bertz CT molecular complexity index is 467. The molecule has 0 aromatic rings. The quantitative estimate of drug-likeness (QED) is 0.507. The molecular formula is C12H8O. The second-order valence-electron chi connectivity index (χ2n) is 3.51. The van der Waals surface area contributed by atoms with Crippen molar-refractivity contribution in [1.29, 1.82) is 0 Å². The molecule has 0 aromatic heterocycles. The third-order valence-electron chi connectivity index (χ3n) is 2.80. The first kappa shape index (κ1) is 6.84. The summed E-state index contributed by atoms with van der Waals surface area (Å²) in [5.41, 5.74) is 5.39. The minimum absolute atomic E-state index is 0.174. The zero-order valence-electron chi connectivity index (χ0n) is 7.13. The van der Waals surface area contributed by atoms with Crippen molar-refractivity contribution in [3.05, 3.63) is 58.7 Å². The lowest BCUT2D eigenvalue weighted by atomic mass is 10.1. The Morgan fingerprint density at radius 3 is 3.08 bits per heavy atom. The normalized spacial score (nSPS) is 23.7. The van der Waals surface area contributed by atoms with Gasteiger partial charge < -0.3 is 0 Å². The minimum Gasteiger partial charge on any atom is -0.294 e. The van der Waals surface area contributed by atoms with Gasteiger partial charge in [0.1, 0.15) is 0 Å². The van der Waals surface area contributed by atoms with Gasteiger partial charge in [-0.3, -0.25) is 4.79 Å². The molecule has 62 valence electrons. The Labute approximate surface area is 76.4 Å². The fourth-order valence-electron chi connectivity index (χ4n) is 2.10. The van der Waals surface area contributed by atoms with Crippen LogP contribution in [0.15, 0.2) is 58.7 Å². The second-order valence-corrected chi connectivity index (χ2v) is 3.51. The van der Waals surface area contributed by atoms with Crippen molar-refractivity contribution in [2.24, 2.45) is 0 Å². The number of hydrogen-bond donors (Lipinski definition) is 0. The van der Waals surface area contributed by atoms with Crippen LogP contribution in [-0.4, -0.2) is 5.78 Å². The first-order valence-corrected chi connectivity index (χ1v) is 4.34. The molecule has 1 saturated carbocycles. The number of Topliss-reactive ketones (excluding diaryl/α,β-unsaturated/α-hetero) is 1. The molecule has 0 atom stereocenters. The Morgan fingerprint density at radius 1 is 1.38 bits per heavy atom. The Morgan fingerprint density at radius 2 is 2.23 bits per heavy atom.